The van der Waals surface area contributed by atoms with E-state index in [4.69, 9.17) is 20.0 Å². The predicted octanol–water partition coefficient (Wildman–Crippen LogP) is 3.47. The molecule has 0 heterocycles. The maximum absolute atomic E-state index is 8.42. The average Bonchev–Trinajstić information content (AvgIpc) is 2.49. The zero-order valence-electron chi connectivity index (χ0n) is 10.5. The van der Waals surface area contributed by atoms with Crippen molar-refractivity contribution in [1.82, 2.24) is 0 Å². The smallest absolute Gasteiger partial charge is 0.292 e. The average molecular weight is 262 g/mol. The summed E-state index contributed by atoms with van der Waals surface area (Å²) in [7, 11) is 0. The van der Waals surface area contributed by atoms with Crippen LogP contribution in [0.25, 0.3) is 5.57 Å². The Balaban J connectivity index is 2.18. The van der Waals surface area contributed by atoms with Crippen molar-refractivity contribution in [1.29, 1.82) is 10.5 Å². The number of nitriles is 2. The number of hydrogen-bond donors (Lipinski definition) is 0. The van der Waals surface area contributed by atoms with Gasteiger partial charge in [-0.25, -0.2) is 0 Å². The SMILES string of the molecule is C=C(c1ccc(OC#N)cc1)c1ccc(OC#N)cc1. The number of nitrogens with zero attached hydrogens (tertiary/aromatic N) is 2. The van der Waals surface area contributed by atoms with E-state index in [0.29, 0.717) is 11.5 Å². The molecule has 0 fully saturated rings. The highest BCUT2D eigenvalue weighted by Gasteiger charge is 2.04. The Morgan fingerprint density at radius 3 is 1.40 bits per heavy atom. The Kier molecular flexibility index (Phi) is 4.01. The first kappa shape index (κ1) is 13.2. The summed E-state index contributed by atoms with van der Waals surface area (Å²) in [6, 6.07) is 14.1. The fourth-order valence-corrected chi connectivity index (χ4v) is 1.72. The zero-order chi connectivity index (χ0) is 14.4. The lowest BCUT2D eigenvalue weighted by molar-refractivity contribution is 0.507. The van der Waals surface area contributed by atoms with E-state index in [1.54, 1.807) is 36.8 Å². The van der Waals surface area contributed by atoms with E-state index >= 15 is 0 Å². The van der Waals surface area contributed by atoms with Crippen molar-refractivity contribution in [2.24, 2.45) is 0 Å². The van der Waals surface area contributed by atoms with Crippen molar-refractivity contribution >= 4 is 5.57 Å². The highest BCUT2D eigenvalue weighted by Crippen LogP contribution is 2.25. The van der Waals surface area contributed by atoms with E-state index in [9.17, 15) is 0 Å². The zero-order valence-corrected chi connectivity index (χ0v) is 10.5. The van der Waals surface area contributed by atoms with Crippen LogP contribution >= 0.6 is 0 Å². The first-order valence-corrected chi connectivity index (χ1v) is 5.76. The molecule has 2 aromatic rings. The van der Waals surface area contributed by atoms with Crippen molar-refractivity contribution in [2.45, 2.75) is 0 Å². The van der Waals surface area contributed by atoms with Gasteiger partial charge in [0.15, 0.2) is 0 Å². The van der Waals surface area contributed by atoms with Crippen LogP contribution in [0.3, 0.4) is 0 Å². The summed E-state index contributed by atoms with van der Waals surface area (Å²) < 4.78 is 9.44. The lowest BCUT2D eigenvalue weighted by Gasteiger charge is -2.07. The van der Waals surface area contributed by atoms with Gasteiger partial charge in [-0.1, -0.05) is 30.8 Å². The Morgan fingerprint density at radius 2 is 1.10 bits per heavy atom. The predicted molar refractivity (Wildman–Crippen MR) is 73.5 cm³/mol. The molecule has 0 aliphatic heterocycles. The van der Waals surface area contributed by atoms with E-state index in [1.165, 1.54) is 0 Å². The standard InChI is InChI=1S/C16H10N2O2/c1-12(13-2-6-15(7-3-13)19-10-17)14-4-8-16(9-5-14)20-11-18/h2-9H,1H2. The van der Waals surface area contributed by atoms with Crippen molar-refractivity contribution in [2.75, 3.05) is 0 Å². The van der Waals surface area contributed by atoms with Gasteiger partial charge in [0.25, 0.3) is 12.5 Å². The van der Waals surface area contributed by atoms with Crippen LogP contribution in [-0.2, 0) is 0 Å². The van der Waals surface area contributed by atoms with Gasteiger partial charge < -0.3 is 9.47 Å². The van der Waals surface area contributed by atoms with Crippen LogP contribution in [0.2, 0.25) is 0 Å². The first-order chi connectivity index (χ1) is 9.74. The van der Waals surface area contributed by atoms with Gasteiger partial charge >= 0.3 is 0 Å². The molecule has 4 heteroatoms. The summed E-state index contributed by atoms with van der Waals surface area (Å²) in [5.41, 5.74) is 2.67. The van der Waals surface area contributed by atoms with E-state index in [-0.39, 0.29) is 0 Å². The van der Waals surface area contributed by atoms with Crippen molar-refractivity contribution in [3.05, 3.63) is 66.2 Å². The third kappa shape index (κ3) is 2.95. The molecule has 0 unspecified atom stereocenters. The molecule has 0 bridgehead atoms. The molecule has 0 N–H and O–H groups in total. The summed E-state index contributed by atoms with van der Waals surface area (Å²) in [5, 5.41) is 16.8. The van der Waals surface area contributed by atoms with Gasteiger partial charge in [-0.15, -0.1) is 10.5 Å². The lowest BCUT2D eigenvalue weighted by atomic mass is 9.99. The topological polar surface area (TPSA) is 66.0 Å². The van der Waals surface area contributed by atoms with E-state index in [1.807, 2.05) is 24.3 Å². The molecule has 0 amide bonds. The van der Waals surface area contributed by atoms with Crippen molar-refractivity contribution in [3.63, 3.8) is 0 Å². The number of benzene rings is 2. The maximum Gasteiger partial charge on any atom is 0.292 e. The monoisotopic (exact) mass is 262 g/mol. The van der Waals surface area contributed by atoms with Crippen LogP contribution in [0.15, 0.2) is 55.1 Å². The normalized spacial score (nSPS) is 9.10. The quantitative estimate of drug-likeness (QED) is 0.791. The lowest BCUT2D eigenvalue weighted by Crippen LogP contribution is -1.88. The third-order valence-electron chi connectivity index (χ3n) is 2.73. The number of hydrogen-bond acceptors (Lipinski definition) is 4. The summed E-state index contributed by atoms with van der Waals surface area (Å²) in [5.74, 6) is 0.976. The Bertz CT molecular complexity index is 628. The van der Waals surface area contributed by atoms with E-state index < -0.39 is 0 Å². The molecule has 0 saturated heterocycles. The molecule has 0 spiro atoms. The van der Waals surface area contributed by atoms with Crippen LogP contribution in [0.1, 0.15) is 11.1 Å². The summed E-state index contributed by atoms with van der Waals surface area (Å²) >= 11 is 0. The Labute approximate surface area is 116 Å². The summed E-state index contributed by atoms with van der Waals surface area (Å²) in [6.07, 6.45) is 3.24. The second-order valence-corrected chi connectivity index (χ2v) is 3.91. The molecule has 0 saturated carbocycles. The largest absolute Gasteiger partial charge is 0.388 e. The van der Waals surface area contributed by atoms with Gasteiger partial charge in [0.1, 0.15) is 11.5 Å². The van der Waals surface area contributed by atoms with E-state index in [0.717, 1.165) is 16.7 Å². The maximum atomic E-state index is 8.42. The van der Waals surface area contributed by atoms with Gasteiger partial charge in [0.05, 0.1) is 0 Å². The van der Waals surface area contributed by atoms with Crippen LogP contribution < -0.4 is 9.47 Å². The fourth-order valence-electron chi connectivity index (χ4n) is 1.72. The molecule has 4 nitrogen and oxygen atoms in total. The van der Waals surface area contributed by atoms with Crippen LogP contribution in [0.4, 0.5) is 0 Å². The molecule has 0 aliphatic carbocycles. The van der Waals surface area contributed by atoms with Gasteiger partial charge in [0, 0.05) is 0 Å². The highest BCUT2D eigenvalue weighted by molar-refractivity contribution is 5.78. The molecular formula is C16H10N2O2. The van der Waals surface area contributed by atoms with E-state index in [2.05, 4.69) is 6.58 Å². The molecule has 0 radical (unpaired) electrons. The van der Waals surface area contributed by atoms with Gasteiger partial charge in [0.2, 0.25) is 0 Å². The Morgan fingerprint density at radius 1 is 0.750 bits per heavy atom. The van der Waals surface area contributed by atoms with Gasteiger partial charge in [-0.2, -0.15) is 0 Å². The second kappa shape index (κ2) is 6.08. The third-order valence-corrected chi connectivity index (χ3v) is 2.73. The minimum atomic E-state index is 0.488. The van der Waals surface area contributed by atoms with Crippen molar-refractivity contribution < 1.29 is 9.47 Å². The minimum absolute atomic E-state index is 0.488. The molecule has 2 rings (SSSR count). The number of ether oxygens (including phenoxy) is 2. The summed E-state index contributed by atoms with van der Waals surface area (Å²) in [4.78, 5) is 0. The molecule has 0 atom stereocenters. The minimum Gasteiger partial charge on any atom is -0.388 e. The molecule has 2 aromatic carbocycles. The fraction of sp³-hybridized carbons (Fsp3) is 0. The van der Waals surface area contributed by atoms with Gasteiger partial charge in [-0.05, 0) is 41.0 Å². The summed E-state index contributed by atoms with van der Waals surface area (Å²) in [6.45, 7) is 4.03. The highest BCUT2D eigenvalue weighted by atomic mass is 16.5. The molecule has 96 valence electrons. The Hall–Kier alpha value is -3.24. The number of rotatable bonds is 4. The van der Waals surface area contributed by atoms with Crippen molar-refractivity contribution in [3.8, 4) is 24.0 Å². The molecule has 20 heavy (non-hydrogen) atoms. The molecular weight excluding hydrogens is 252 g/mol. The van der Waals surface area contributed by atoms with Crippen LogP contribution in [0.5, 0.6) is 11.5 Å². The second-order valence-electron chi connectivity index (χ2n) is 3.91. The first-order valence-electron chi connectivity index (χ1n) is 5.76. The molecule has 0 aliphatic rings. The van der Waals surface area contributed by atoms with Crippen LogP contribution in [0, 0.1) is 23.0 Å². The van der Waals surface area contributed by atoms with Crippen LogP contribution in [-0.4, -0.2) is 0 Å². The van der Waals surface area contributed by atoms with Gasteiger partial charge in [-0.3, -0.25) is 0 Å². The molecule has 0 aromatic heterocycles.